The van der Waals surface area contributed by atoms with Crippen LogP contribution in [0.4, 0.5) is 13.6 Å². The molecule has 32 heavy (non-hydrogen) atoms. The van der Waals surface area contributed by atoms with Crippen LogP contribution < -0.4 is 5.32 Å². The summed E-state index contributed by atoms with van der Waals surface area (Å²) in [6, 6.07) is -1.14. The number of hydrogen-bond donors (Lipinski definition) is 1. The van der Waals surface area contributed by atoms with E-state index in [0.717, 1.165) is 51.4 Å². The fourth-order valence-electron chi connectivity index (χ4n) is 6.73. The Hall–Kier alpha value is -0.950. The maximum absolute atomic E-state index is 15.0. The van der Waals surface area contributed by atoms with Gasteiger partial charge >= 0.3 is 6.03 Å². The summed E-state index contributed by atoms with van der Waals surface area (Å²) >= 11 is 0. The number of halogens is 2. The standard InChI is InChI=1S/C25H44F2N4O/c1-19(2)29-15-17-30(18-16-29)22-9-6-12-25(26,27)23(22)28-24(32)31-13-10-21(11-14-31)20-7-4-3-5-8-20/h19-23H,3-18H2,1-2H3,(H,28,32)/t22-,23+/m0/s1. The maximum Gasteiger partial charge on any atom is 0.317 e. The number of piperidine rings is 1. The van der Waals surface area contributed by atoms with Gasteiger partial charge in [-0.3, -0.25) is 9.80 Å². The Labute approximate surface area is 193 Å². The molecule has 4 rings (SSSR count). The molecule has 184 valence electrons. The van der Waals surface area contributed by atoms with Crippen molar-refractivity contribution in [1.82, 2.24) is 20.0 Å². The molecule has 2 aliphatic heterocycles. The van der Waals surface area contributed by atoms with Gasteiger partial charge in [-0.2, -0.15) is 0 Å². The van der Waals surface area contributed by atoms with Gasteiger partial charge in [0.25, 0.3) is 5.92 Å². The highest BCUT2D eigenvalue weighted by atomic mass is 19.3. The van der Waals surface area contributed by atoms with Crippen LogP contribution in [-0.4, -0.2) is 84.0 Å². The van der Waals surface area contributed by atoms with E-state index in [2.05, 4.69) is 29.0 Å². The molecule has 0 spiro atoms. The first-order valence-electron chi connectivity index (χ1n) is 13.3. The van der Waals surface area contributed by atoms with Crippen LogP contribution >= 0.6 is 0 Å². The number of likely N-dealkylation sites (tertiary alicyclic amines) is 1. The fraction of sp³-hybridized carbons (Fsp3) is 0.960. The van der Waals surface area contributed by atoms with E-state index in [4.69, 9.17) is 0 Å². The molecular formula is C25H44F2N4O. The van der Waals surface area contributed by atoms with Gasteiger partial charge in [0, 0.05) is 57.8 Å². The van der Waals surface area contributed by atoms with E-state index in [9.17, 15) is 4.79 Å². The molecule has 2 saturated heterocycles. The molecule has 2 saturated carbocycles. The van der Waals surface area contributed by atoms with Crippen LogP contribution in [0.2, 0.25) is 0 Å². The summed E-state index contributed by atoms with van der Waals surface area (Å²) in [6.07, 6.45) is 9.91. The normalized spacial score (nSPS) is 31.7. The Bertz CT molecular complexity index is 609. The van der Waals surface area contributed by atoms with E-state index in [1.807, 2.05) is 0 Å². The largest absolute Gasteiger partial charge is 0.328 e. The summed E-state index contributed by atoms with van der Waals surface area (Å²) in [5, 5.41) is 2.84. The number of nitrogens with one attached hydrogen (secondary N) is 1. The minimum Gasteiger partial charge on any atom is -0.328 e. The average molecular weight is 455 g/mol. The predicted molar refractivity (Wildman–Crippen MR) is 124 cm³/mol. The van der Waals surface area contributed by atoms with Crippen LogP contribution in [0.15, 0.2) is 0 Å². The topological polar surface area (TPSA) is 38.8 Å². The molecule has 5 nitrogen and oxygen atoms in total. The van der Waals surface area contributed by atoms with Crippen LogP contribution in [-0.2, 0) is 0 Å². The van der Waals surface area contributed by atoms with Crippen LogP contribution in [0.25, 0.3) is 0 Å². The van der Waals surface area contributed by atoms with E-state index in [1.165, 1.54) is 32.1 Å². The summed E-state index contributed by atoms with van der Waals surface area (Å²) in [6.45, 7) is 9.22. The molecule has 2 aliphatic carbocycles. The zero-order valence-corrected chi connectivity index (χ0v) is 20.2. The molecule has 7 heteroatoms. The van der Waals surface area contributed by atoms with Crippen molar-refractivity contribution < 1.29 is 13.6 Å². The lowest BCUT2D eigenvalue weighted by atomic mass is 9.76. The lowest BCUT2D eigenvalue weighted by molar-refractivity contribution is -0.0973. The van der Waals surface area contributed by atoms with Crippen molar-refractivity contribution in [2.24, 2.45) is 11.8 Å². The minimum atomic E-state index is -2.84. The van der Waals surface area contributed by atoms with Crippen LogP contribution in [0.5, 0.6) is 0 Å². The third-order valence-corrected chi connectivity index (χ3v) is 8.82. The van der Waals surface area contributed by atoms with Gasteiger partial charge in [-0.25, -0.2) is 13.6 Å². The Morgan fingerprint density at radius 2 is 1.47 bits per heavy atom. The molecule has 0 aromatic heterocycles. The number of nitrogens with zero attached hydrogens (tertiary/aromatic N) is 3. The second kappa shape index (κ2) is 10.5. The van der Waals surface area contributed by atoms with Crippen molar-refractivity contribution in [2.75, 3.05) is 39.3 Å². The first-order valence-corrected chi connectivity index (χ1v) is 13.3. The highest BCUT2D eigenvalue weighted by Gasteiger charge is 2.50. The zero-order chi connectivity index (χ0) is 22.7. The molecule has 1 N–H and O–H groups in total. The lowest BCUT2D eigenvalue weighted by Crippen LogP contribution is -2.66. The van der Waals surface area contributed by atoms with Crippen molar-refractivity contribution in [3.8, 4) is 0 Å². The first kappa shape index (κ1) is 24.2. The highest BCUT2D eigenvalue weighted by molar-refractivity contribution is 5.75. The number of rotatable bonds is 4. The Morgan fingerprint density at radius 1 is 0.844 bits per heavy atom. The third kappa shape index (κ3) is 5.57. The number of alkyl halides is 2. The second-order valence-corrected chi connectivity index (χ2v) is 11.0. The summed E-state index contributed by atoms with van der Waals surface area (Å²) in [5.74, 6) is -1.32. The van der Waals surface area contributed by atoms with Crippen LogP contribution in [0.1, 0.15) is 78.1 Å². The summed E-state index contributed by atoms with van der Waals surface area (Å²) < 4.78 is 30.1. The van der Waals surface area contributed by atoms with Crippen LogP contribution in [0.3, 0.4) is 0 Å². The van der Waals surface area contributed by atoms with Gasteiger partial charge in [-0.15, -0.1) is 0 Å². The number of carbonyl (C=O) groups excluding carboxylic acids is 1. The Morgan fingerprint density at radius 3 is 2.09 bits per heavy atom. The molecule has 4 aliphatic rings. The predicted octanol–water partition coefficient (Wildman–Crippen LogP) is 4.57. The molecular weight excluding hydrogens is 410 g/mol. The molecule has 2 amide bonds. The molecule has 0 unspecified atom stereocenters. The van der Waals surface area contributed by atoms with Gasteiger partial charge in [0.15, 0.2) is 0 Å². The summed E-state index contributed by atoms with van der Waals surface area (Å²) in [4.78, 5) is 19.5. The number of hydrogen-bond acceptors (Lipinski definition) is 3. The van der Waals surface area contributed by atoms with Crippen molar-refractivity contribution >= 4 is 6.03 Å². The van der Waals surface area contributed by atoms with Gasteiger partial charge in [0.2, 0.25) is 0 Å². The third-order valence-electron chi connectivity index (χ3n) is 8.82. The van der Waals surface area contributed by atoms with Crippen LogP contribution in [0, 0.1) is 11.8 Å². The van der Waals surface area contributed by atoms with Crippen molar-refractivity contribution in [2.45, 2.75) is 102 Å². The Balaban J connectivity index is 1.33. The quantitative estimate of drug-likeness (QED) is 0.676. The summed E-state index contributed by atoms with van der Waals surface area (Å²) in [5.41, 5.74) is 0. The minimum absolute atomic E-state index is 0.121. The van der Waals surface area contributed by atoms with Crippen molar-refractivity contribution in [3.63, 3.8) is 0 Å². The Kier molecular flexibility index (Phi) is 7.97. The van der Waals surface area contributed by atoms with Crippen molar-refractivity contribution in [3.05, 3.63) is 0 Å². The molecule has 0 bridgehead atoms. The van der Waals surface area contributed by atoms with Gasteiger partial charge < -0.3 is 10.2 Å². The second-order valence-electron chi connectivity index (χ2n) is 11.0. The molecule has 4 fully saturated rings. The lowest BCUT2D eigenvalue weighted by Gasteiger charge is -2.48. The molecule has 2 atom stereocenters. The number of piperazine rings is 1. The number of urea groups is 1. The van der Waals surface area contributed by atoms with Crippen molar-refractivity contribution in [1.29, 1.82) is 0 Å². The van der Waals surface area contributed by atoms with E-state index >= 15 is 8.78 Å². The van der Waals surface area contributed by atoms with Gasteiger partial charge in [0.1, 0.15) is 6.04 Å². The number of carbonyl (C=O) groups is 1. The van der Waals surface area contributed by atoms with E-state index in [0.29, 0.717) is 31.5 Å². The average Bonchev–Trinajstić information content (AvgIpc) is 2.81. The monoisotopic (exact) mass is 454 g/mol. The molecule has 0 radical (unpaired) electrons. The molecule has 0 aromatic carbocycles. The first-order chi connectivity index (χ1) is 15.3. The smallest absolute Gasteiger partial charge is 0.317 e. The van der Waals surface area contributed by atoms with E-state index in [1.54, 1.807) is 4.90 Å². The SMILES string of the molecule is CC(C)N1CCN([C@H]2CCCC(F)(F)[C@@H]2NC(=O)N2CCC(C3CCCCC3)CC2)CC1. The molecule has 0 aromatic rings. The number of amides is 2. The van der Waals surface area contributed by atoms with E-state index in [-0.39, 0.29) is 18.5 Å². The fourth-order valence-corrected chi connectivity index (χ4v) is 6.73. The van der Waals surface area contributed by atoms with E-state index < -0.39 is 12.0 Å². The summed E-state index contributed by atoms with van der Waals surface area (Å²) in [7, 11) is 0. The van der Waals surface area contributed by atoms with Gasteiger partial charge in [-0.1, -0.05) is 32.1 Å². The van der Waals surface area contributed by atoms with Gasteiger partial charge in [0.05, 0.1) is 0 Å². The highest BCUT2D eigenvalue weighted by Crippen LogP contribution is 2.38. The van der Waals surface area contributed by atoms with Gasteiger partial charge in [-0.05, 0) is 51.4 Å². The maximum atomic E-state index is 15.0. The zero-order valence-electron chi connectivity index (χ0n) is 20.2. The molecule has 2 heterocycles.